The molecular weight excluding hydrogens is 453 g/mol. The number of hydrogen-bond acceptors (Lipinski definition) is 8. The SMILES string of the molecule is CCOC(=O)CCCC1CCN(c2ncc(-c3cccc(COC(=O)CC(=N)N)c3F)cn2)CC1. The fraction of sp³-hybridized carbons (Fsp3) is 0.480. The van der Waals surface area contributed by atoms with Crippen molar-refractivity contribution in [3.8, 4) is 11.1 Å². The zero-order valence-corrected chi connectivity index (χ0v) is 20.0. The van der Waals surface area contributed by atoms with Gasteiger partial charge >= 0.3 is 11.9 Å². The number of amidine groups is 1. The minimum absolute atomic E-state index is 0.130. The topological polar surface area (TPSA) is 131 Å². The molecule has 0 unspecified atom stereocenters. The summed E-state index contributed by atoms with van der Waals surface area (Å²) >= 11 is 0. The molecule has 10 heteroatoms. The Morgan fingerprint density at radius 3 is 2.54 bits per heavy atom. The van der Waals surface area contributed by atoms with Crippen LogP contribution in [0.5, 0.6) is 0 Å². The van der Waals surface area contributed by atoms with E-state index in [9.17, 15) is 9.59 Å². The maximum atomic E-state index is 15.0. The third kappa shape index (κ3) is 7.73. The van der Waals surface area contributed by atoms with E-state index in [1.54, 1.807) is 24.5 Å². The van der Waals surface area contributed by atoms with Crippen LogP contribution in [0.2, 0.25) is 0 Å². The molecule has 188 valence electrons. The summed E-state index contributed by atoms with van der Waals surface area (Å²) < 4.78 is 25.0. The maximum absolute atomic E-state index is 15.0. The van der Waals surface area contributed by atoms with Gasteiger partial charge in [-0.05, 0) is 38.5 Å². The zero-order chi connectivity index (χ0) is 25.2. The molecule has 1 aliphatic rings. The molecule has 1 aromatic carbocycles. The summed E-state index contributed by atoms with van der Waals surface area (Å²) in [6.45, 7) is 3.65. The monoisotopic (exact) mass is 485 g/mol. The molecule has 1 saturated heterocycles. The highest BCUT2D eigenvalue weighted by atomic mass is 19.1. The van der Waals surface area contributed by atoms with Gasteiger partial charge in [-0.3, -0.25) is 15.0 Å². The van der Waals surface area contributed by atoms with Crippen molar-refractivity contribution in [2.45, 2.75) is 52.1 Å². The average Bonchev–Trinajstić information content (AvgIpc) is 2.84. The van der Waals surface area contributed by atoms with Crippen molar-refractivity contribution in [1.82, 2.24) is 9.97 Å². The van der Waals surface area contributed by atoms with Crippen LogP contribution in [0, 0.1) is 17.1 Å². The van der Waals surface area contributed by atoms with E-state index in [0.29, 0.717) is 36.0 Å². The van der Waals surface area contributed by atoms with Crippen LogP contribution >= 0.6 is 0 Å². The summed E-state index contributed by atoms with van der Waals surface area (Å²) in [5.41, 5.74) is 6.24. The molecule has 3 N–H and O–H groups in total. The molecule has 3 rings (SSSR count). The van der Waals surface area contributed by atoms with Crippen molar-refractivity contribution in [3.05, 3.63) is 42.0 Å². The summed E-state index contributed by atoms with van der Waals surface area (Å²) in [6, 6.07) is 4.83. The summed E-state index contributed by atoms with van der Waals surface area (Å²) in [4.78, 5) is 34.1. The molecule has 0 atom stereocenters. The van der Waals surface area contributed by atoms with Crippen LogP contribution in [0.25, 0.3) is 11.1 Å². The second-order valence-corrected chi connectivity index (χ2v) is 8.54. The molecule has 2 heterocycles. The van der Waals surface area contributed by atoms with Crippen molar-refractivity contribution in [1.29, 1.82) is 5.41 Å². The molecule has 1 fully saturated rings. The van der Waals surface area contributed by atoms with Crippen molar-refractivity contribution < 1.29 is 23.5 Å². The molecule has 35 heavy (non-hydrogen) atoms. The van der Waals surface area contributed by atoms with Gasteiger partial charge in [-0.1, -0.05) is 18.2 Å². The number of nitrogens with two attached hydrogens (primary N) is 1. The third-order valence-corrected chi connectivity index (χ3v) is 5.95. The highest BCUT2D eigenvalue weighted by molar-refractivity contribution is 5.94. The van der Waals surface area contributed by atoms with Gasteiger partial charge in [0.15, 0.2) is 0 Å². The molecule has 0 amide bonds. The fourth-order valence-electron chi connectivity index (χ4n) is 4.09. The first-order valence-corrected chi connectivity index (χ1v) is 11.9. The van der Waals surface area contributed by atoms with Gasteiger partial charge in [0, 0.05) is 48.6 Å². The smallest absolute Gasteiger partial charge is 0.313 e. The second kappa shape index (κ2) is 12.8. The Kier molecular flexibility index (Phi) is 9.51. The van der Waals surface area contributed by atoms with E-state index in [4.69, 9.17) is 20.6 Å². The van der Waals surface area contributed by atoms with Crippen LogP contribution < -0.4 is 10.6 Å². The van der Waals surface area contributed by atoms with Crippen LogP contribution in [-0.2, 0) is 25.7 Å². The number of rotatable bonds is 11. The van der Waals surface area contributed by atoms with Gasteiger partial charge in [0.1, 0.15) is 24.7 Å². The van der Waals surface area contributed by atoms with Gasteiger partial charge in [-0.25, -0.2) is 14.4 Å². The van der Waals surface area contributed by atoms with Crippen molar-refractivity contribution in [2.75, 3.05) is 24.6 Å². The third-order valence-electron chi connectivity index (χ3n) is 5.95. The first-order valence-electron chi connectivity index (χ1n) is 11.9. The molecule has 9 nitrogen and oxygen atoms in total. The average molecular weight is 486 g/mol. The largest absolute Gasteiger partial charge is 0.466 e. The number of anilines is 1. The molecule has 0 aliphatic carbocycles. The number of carbonyl (C=O) groups excluding carboxylic acids is 2. The lowest BCUT2D eigenvalue weighted by Crippen LogP contribution is -2.34. The van der Waals surface area contributed by atoms with Gasteiger partial charge in [-0.15, -0.1) is 0 Å². The van der Waals surface area contributed by atoms with E-state index in [1.165, 1.54) is 6.07 Å². The molecule has 0 radical (unpaired) electrons. The van der Waals surface area contributed by atoms with Crippen molar-refractivity contribution in [2.24, 2.45) is 11.7 Å². The van der Waals surface area contributed by atoms with E-state index in [0.717, 1.165) is 38.8 Å². The first-order chi connectivity index (χ1) is 16.9. The standard InChI is InChI=1S/C25H32FN5O4/c1-2-34-22(32)8-3-5-17-9-11-31(12-10-17)25-29-14-19(15-30-25)20-7-4-6-18(24(20)26)16-35-23(33)13-21(27)28/h4,6-7,14-15,17H,2-3,5,8-13,16H2,1H3,(H3,27,28). The van der Waals surface area contributed by atoms with Gasteiger partial charge in [-0.2, -0.15) is 0 Å². The number of hydrogen-bond donors (Lipinski definition) is 2. The maximum Gasteiger partial charge on any atom is 0.313 e. The Morgan fingerprint density at radius 1 is 1.17 bits per heavy atom. The lowest BCUT2D eigenvalue weighted by Gasteiger charge is -2.32. The molecule has 1 aliphatic heterocycles. The Balaban J connectivity index is 1.53. The summed E-state index contributed by atoms with van der Waals surface area (Å²) in [6.07, 6.45) is 7.19. The minimum Gasteiger partial charge on any atom is -0.466 e. The van der Waals surface area contributed by atoms with Crippen LogP contribution in [0.4, 0.5) is 10.3 Å². The van der Waals surface area contributed by atoms with E-state index in [1.807, 2.05) is 6.92 Å². The molecule has 0 spiro atoms. The first kappa shape index (κ1) is 26.1. The summed E-state index contributed by atoms with van der Waals surface area (Å²) in [5.74, 6) is -0.454. The zero-order valence-electron chi connectivity index (χ0n) is 20.0. The molecule has 0 bridgehead atoms. The quantitative estimate of drug-likeness (QED) is 0.280. The van der Waals surface area contributed by atoms with E-state index < -0.39 is 11.8 Å². The van der Waals surface area contributed by atoms with E-state index in [2.05, 4.69) is 14.9 Å². The van der Waals surface area contributed by atoms with Crippen LogP contribution in [-0.4, -0.2) is 47.4 Å². The van der Waals surface area contributed by atoms with Gasteiger partial charge in [0.25, 0.3) is 0 Å². The number of ether oxygens (including phenoxy) is 2. The Morgan fingerprint density at radius 2 is 1.89 bits per heavy atom. The van der Waals surface area contributed by atoms with Crippen LogP contribution in [0.3, 0.4) is 0 Å². The van der Waals surface area contributed by atoms with Gasteiger partial charge < -0.3 is 20.1 Å². The number of aromatic nitrogens is 2. The lowest BCUT2D eigenvalue weighted by atomic mass is 9.92. The number of nitrogens with zero attached hydrogens (tertiary/aromatic N) is 3. The van der Waals surface area contributed by atoms with E-state index >= 15 is 4.39 Å². The van der Waals surface area contributed by atoms with Crippen LogP contribution in [0.15, 0.2) is 30.6 Å². The number of benzene rings is 1. The number of piperidine rings is 1. The minimum atomic E-state index is -0.683. The predicted octanol–water partition coefficient (Wildman–Crippen LogP) is 3.60. The highest BCUT2D eigenvalue weighted by Crippen LogP contribution is 2.27. The Labute approximate surface area is 204 Å². The number of halogens is 1. The number of carbonyl (C=O) groups is 2. The predicted molar refractivity (Wildman–Crippen MR) is 129 cm³/mol. The van der Waals surface area contributed by atoms with Crippen molar-refractivity contribution >= 4 is 23.7 Å². The highest BCUT2D eigenvalue weighted by Gasteiger charge is 2.21. The molecule has 1 aromatic heterocycles. The Hall–Kier alpha value is -3.56. The van der Waals surface area contributed by atoms with E-state index in [-0.39, 0.29) is 30.4 Å². The molecule has 0 saturated carbocycles. The number of nitrogens with one attached hydrogen (secondary N) is 1. The number of esters is 2. The summed E-state index contributed by atoms with van der Waals surface area (Å²) in [7, 11) is 0. The van der Waals surface area contributed by atoms with Crippen molar-refractivity contribution in [3.63, 3.8) is 0 Å². The Bertz CT molecular complexity index is 1020. The fourth-order valence-corrected chi connectivity index (χ4v) is 4.09. The normalized spacial score (nSPS) is 13.9. The van der Waals surface area contributed by atoms with Gasteiger partial charge in [0.05, 0.1) is 6.61 Å². The molecule has 2 aromatic rings. The second-order valence-electron chi connectivity index (χ2n) is 8.54. The molecular formula is C25H32FN5O4. The lowest BCUT2D eigenvalue weighted by molar-refractivity contribution is -0.144. The summed E-state index contributed by atoms with van der Waals surface area (Å²) in [5, 5.41) is 7.12. The van der Waals surface area contributed by atoms with Crippen LogP contribution in [0.1, 0.15) is 51.0 Å². The van der Waals surface area contributed by atoms with Gasteiger partial charge in [0.2, 0.25) is 5.95 Å².